The highest BCUT2D eigenvalue weighted by molar-refractivity contribution is 8.14. The Morgan fingerprint density at radius 2 is 2.13 bits per heavy atom. The van der Waals surface area contributed by atoms with Crippen LogP contribution in [0, 0.1) is 0 Å². The van der Waals surface area contributed by atoms with Crippen LogP contribution in [0.5, 0.6) is 0 Å². The lowest BCUT2D eigenvalue weighted by Gasteiger charge is -2.22. The fourth-order valence-corrected chi connectivity index (χ4v) is 3.99. The first-order valence-corrected chi connectivity index (χ1v) is 8.47. The van der Waals surface area contributed by atoms with Crippen LogP contribution >= 0.6 is 11.8 Å². The van der Waals surface area contributed by atoms with Gasteiger partial charge in [0.2, 0.25) is 5.91 Å². The van der Waals surface area contributed by atoms with E-state index in [9.17, 15) is 14.4 Å². The number of carbonyl (C=O) groups excluding carboxylic acids is 3. The maximum Gasteiger partial charge on any atom is 0.289 e. The van der Waals surface area contributed by atoms with Crippen molar-refractivity contribution in [3.8, 4) is 0 Å². The first kappa shape index (κ1) is 14.3. The van der Waals surface area contributed by atoms with Gasteiger partial charge in [-0.25, -0.2) is 0 Å². The zero-order valence-electron chi connectivity index (χ0n) is 12.3. The molecule has 2 aliphatic heterocycles. The largest absolute Gasteiger partial charge is 0.361 e. The molecular formula is C16H15N3O3S. The third-order valence-corrected chi connectivity index (χ3v) is 5.24. The van der Waals surface area contributed by atoms with Gasteiger partial charge in [-0.2, -0.15) is 0 Å². The van der Waals surface area contributed by atoms with E-state index >= 15 is 0 Å². The summed E-state index contributed by atoms with van der Waals surface area (Å²) in [6.07, 6.45) is 2.49. The molecule has 1 atom stereocenters. The minimum Gasteiger partial charge on any atom is -0.361 e. The lowest BCUT2D eigenvalue weighted by Crippen LogP contribution is -2.41. The third kappa shape index (κ3) is 2.41. The molecule has 4 rings (SSSR count). The van der Waals surface area contributed by atoms with Gasteiger partial charge in [0.25, 0.3) is 11.1 Å². The number of hydrogen-bond donors (Lipinski definition) is 1. The molecule has 2 saturated heterocycles. The summed E-state index contributed by atoms with van der Waals surface area (Å²) in [5.41, 5.74) is 1.54. The number of fused-ring (bicyclic) bond motifs is 1. The Hall–Kier alpha value is -2.28. The summed E-state index contributed by atoms with van der Waals surface area (Å²) in [6, 6.07) is 7.33. The molecule has 0 spiro atoms. The molecule has 0 bridgehead atoms. The summed E-state index contributed by atoms with van der Waals surface area (Å²) in [4.78, 5) is 42.4. The van der Waals surface area contributed by atoms with Gasteiger partial charge in [-0.3, -0.25) is 19.3 Å². The number of likely N-dealkylation sites (tertiary alicyclic amines) is 1. The number of benzene rings is 1. The SMILES string of the molecule is O=C(c1ccc2cc[nH]c2c1)N1CCC(N2C(=O)CSC2=O)C1. The van der Waals surface area contributed by atoms with E-state index in [1.165, 1.54) is 4.90 Å². The number of amides is 3. The first-order valence-electron chi connectivity index (χ1n) is 7.49. The van der Waals surface area contributed by atoms with Crippen molar-refractivity contribution < 1.29 is 14.4 Å². The normalized spacial score (nSPS) is 21.7. The fourth-order valence-electron chi connectivity index (χ4n) is 3.22. The Balaban J connectivity index is 1.51. The van der Waals surface area contributed by atoms with Gasteiger partial charge >= 0.3 is 0 Å². The molecule has 1 aromatic heterocycles. The summed E-state index contributed by atoms with van der Waals surface area (Å²) in [5.74, 6) is 0.00936. The van der Waals surface area contributed by atoms with E-state index in [2.05, 4.69) is 4.98 Å². The number of H-pyrrole nitrogens is 1. The highest BCUT2D eigenvalue weighted by atomic mass is 32.2. The summed E-state index contributed by atoms with van der Waals surface area (Å²) in [6.45, 7) is 0.980. The number of imide groups is 1. The number of hydrogen-bond acceptors (Lipinski definition) is 4. The zero-order valence-corrected chi connectivity index (χ0v) is 13.1. The van der Waals surface area contributed by atoms with Crippen molar-refractivity contribution in [2.45, 2.75) is 12.5 Å². The van der Waals surface area contributed by atoms with Crippen molar-refractivity contribution in [2.75, 3.05) is 18.8 Å². The zero-order chi connectivity index (χ0) is 16.0. The van der Waals surface area contributed by atoms with Gasteiger partial charge in [-0.05, 0) is 30.0 Å². The molecule has 1 unspecified atom stereocenters. The van der Waals surface area contributed by atoms with Crippen molar-refractivity contribution in [2.24, 2.45) is 0 Å². The van der Waals surface area contributed by atoms with Gasteiger partial charge in [0, 0.05) is 30.4 Å². The quantitative estimate of drug-likeness (QED) is 0.915. The van der Waals surface area contributed by atoms with Crippen LogP contribution in [0.4, 0.5) is 4.79 Å². The molecule has 2 fully saturated rings. The van der Waals surface area contributed by atoms with Crippen LogP contribution in [0.25, 0.3) is 10.9 Å². The van der Waals surface area contributed by atoms with Crippen molar-refractivity contribution in [3.05, 3.63) is 36.0 Å². The van der Waals surface area contributed by atoms with Crippen molar-refractivity contribution >= 4 is 39.7 Å². The van der Waals surface area contributed by atoms with Gasteiger partial charge in [-0.1, -0.05) is 17.8 Å². The molecule has 3 heterocycles. The number of carbonyl (C=O) groups is 3. The van der Waals surface area contributed by atoms with E-state index in [0.717, 1.165) is 22.7 Å². The summed E-state index contributed by atoms with van der Waals surface area (Å²) >= 11 is 1.04. The lowest BCUT2D eigenvalue weighted by molar-refractivity contribution is -0.126. The number of nitrogens with zero attached hydrogens (tertiary/aromatic N) is 2. The van der Waals surface area contributed by atoms with Crippen molar-refractivity contribution in [1.29, 1.82) is 0 Å². The second-order valence-corrected chi connectivity index (χ2v) is 6.72. The minimum absolute atomic E-state index is 0.0595. The van der Waals surface area contributed by atoms with Crippen LogP contribution < -0.4 is 0 Å². The second kappa shape index (κ2) is 5.42. The van der Waals surface area contributed by atoms with Crippen molar-refractivity contribution in [3.63, 3.8) is 0 Å². The number of aromatic nitrogens is 1. The van der Waals surface area contributed by atoms with Crippen LogP contribution in [-0.4, -0.2) is 56.7 Å². The standard InChI is InChI=1S/C16H15N3O3S/c20-14-9-23-16(22)19(14)12-4-6-18(8-12)15(21)11-2-1-10-3-5-17-13(10)7-11/h1-3,5,7,12,17H,4,6,8-9H2. The maximum atomic E-state index is 12.7. The molecule has 1 N–H and O–H groups in total. The van der Waals surface area contributed by atoms with Crippen LogP contribution in [-0.2, 0) is 4.79 Å². The predicted molar refractivity (Wildman–Crippen MR) is 87.3 cm³/mol. The van der Waals surface area contributed by atoms with Gasteiger partial charge in [0.05, 0.1) is 11.8 Å². The molecule has 1 aromatic carbocycles. The molecule has 2 aliphatic rings. The number of nitrogens with one attached hydrogen (secondary N) is 1. The highest BCUT2D eigenvalue weighted by Gasteiger charge is 2.40. The van der Waals surface area contributed by atoms with E-state index in [1.54, 1.807) is 4.90 Å². The molecule has 0 saturated carbocycles. The van der Waals surface area contributed by atoms with E-state index < -0.39 is 0 Å². The van der Waals surface area contributed by atoms with Crippen molar-refractivity contribution in [1.82, 2.24) is 14.8 Å². The molecule has 6 nitrogen and oxygen atoms in total. The van der Waals surface area contributed by atoms with E-state index in [4.69, 9.17) is 0 Å². The molecule has 3 amide bonds. The van der Waals surface area contributed by atoms with E-state index in [-0.39, 0.29) is 28.8 Å². The lowest BCUT2D eigenvalue weighted by atomic mass is 10.1. The average molecular weight is 329 g/mol. The molecule has 7 heteroatoms. The smallest absolute Gasteiger partial charge is 0.289 e. The average Bonchev–Trinajstić information content (AvgIpc) is 3.26. The summed E-state index contributed by atoms with van der Waals surface area (Å²) in [7, 11) is 0. The molecule has 0 aliphatic carbocycles. The minimum atomic E-state index is -0.192. The Morgan fingerprint density at radius 3 is 2.91 bits per heavy atom. The number of thioether (sulfide) groups is 1. The van der Waals surface area contributed by atoms with E-state index in [1.807, 2.05) is 30.5 Å². The van der Waals surface area contributed by atoms with Crippen LogP contribution in [0.2, 0.25) is 0 Å². The first-order chi connectivity index (χ1) is 11.1. The van der Waals surface area contributed by atoms with Crippen LogP contribution in [0.3, 0.4) is 0 Å². The Labute approximate surface area is 136 Å². The predicted octanol–water partition coefficient (Wildman–Crippen LogP) is 2.08. The van der Waals surface area contributed by atoms with Gasteiger partial charge in [0.15, 0.2) is 0 Å². The highest BCUT2D eigenvalue weighted by Crippen LogP contribution is 2.27. The molecule has 23 heavy (non-hydrogen) atoms. The maximum absolute atomic E-state index is 12.7. The second-order valence-electron chi connectivity index (χ2n) is 5.79. The third-order valence-electron chi connectivity index (χ3n) is 4.40. The summed E-state index contributed by atoms with van der Waals surface area (Å²) < 4.78 is 0. The number of aromatic amines is 1. The fraction of sp³-hybridized carbons (Fsp3) is 0.312. The molecular weight excluding hydrogens is 314 g/mol. The van der Waals surface area contributed by atoms with Gasteiger partial charge < -0.3 is 9.88 Å². The Bertz CT molecular complexity index is 800. The van der Waals surface area contributed by atoms with Gasteiger partial charge in [-0.15, -0.1) is 0 Å². The Kier molecular flexibility index (Phi) is 3.37. The van der Waals surface area contributed by atoms with Gasteiger partial charge in [0.1, 0.15) is 0 Å². The monoisotopic (exact) mass is 329 g/mol. The molecule has 118 valence electrons. The van der Waals surface area contributed by atoms with Crippen LogP contribution in [0.1, 0.15) is 16.8 Å². The van der Waals surface area contributed by atoms with E-state index in [0.29, 0.717) is 25.1 Å². The topological polar surface area (TPSA) is 73.5 Å². The molecule has 2 aromatic rings. The summed E-state index contributed by atoms with van der Waals surface area (Å²) in [5, 5.41) is 0.869. The Morgan fingerprint density at radius 1 is 1.26 bits per heavy atom. The number of rotatable bonds is 2. The molecule has 0 radical (unpaired) electrons. The van der Waals surface area contributed by atoms with Crippen LogP contribution in [0.15, 0.2) is 30.5 Å².